The first-order chi connectivity index (χ1) is 8.50. The van der Waals surface area contributed by atoms with E-state index in [9.17, 15) is 14.7 Å². The topological polar surface area (TPSA) is 57.6 Å². The summed E-state index contributed by atoms with van der Waals surface area (Å²) in [7, 11) is 0. The zero-order valence-electron chi connectivity index (χ0n) is 9.97. The van der Waals surface area contributed by atoms with Gasteiger partial charge in [0.25, 0.3) is 5.91 Å². The molecule has 96 valence electrons. The lowest BCUT2D eigenvalue weighted by molar-refractivity contribution is -0.142. The third-order valence-electron chi connectivity index (χ3n) is 3.31. The molecule has 0 radical (unpaired) electrons. The van der Waals surface area contributed by atoms with Gasteiger partial charge in [0.1, 0.15) is 6.04 Å². The molecule has 1 heterocycles. The van der Waals surface area contributed by atoms with Crippen LogP contribution in [0, 0.1) is 5.92 Å². The van der Waals surface area contributed by atoms with Crippen LogP contribution in [-0.2, 0) is 4.79 Å². The quantitative estimate of drug-likeness (QED) is 0.912. The SMILES string of the molecule is CC1CCN(C(=O)c2ccc(Br)cc2)C1C(=O)O. The highest BCUT2D eigenvalue weighted by atomic mass is 79.9. The van der Waals surface area contributed by atoms with Gasteiger partial charge in [0.15, 0.2) is 0 Å². The Kier molecular flexibility index (Phi) is 3.71. The molecule has 0 saturated carbocycles. The number of carboxylic acids is 1. The summed E-state index contributed by atoms with van der Waals surface area (Å²) in [5.41, 5.74) is 0.526. The van der Waals surface area contributed by atoms with Gasteiger partial charge in [-0.25, -0.2) is 4.79 Å². The maximum Gasteiger partial charge on any atom is 0.326 e. The molecular weight excluding hydrogens is 298 g/mol. The fourth-order valence-corrected chi connectivity index (χ4v) is 2.57. The second-order valence-electron chi connectivity index (χ2n) is 4.55. The molecule has 1 aliphatic rings. The van der Waals surface area contributed by atoms with Crippen LogP contribution in [0.15, 0.2) is 28.7 Å². The zero-order valence-corrected chi connectivity index (χ0v) is 11.6. The zero-order chi connectivity index (χ0) is 13.3. The Hall–Kier alpha value is -1.36. The Labute approximate surface area is 114 Å². The summed E-state index contributed by atoms with van der Waals surface area (Å²) in [4.78, 5) is 24.9. The number of likely N-dealkylation sites (tertiary alicyclic amines) is 1. The normalized spacial score (nSPS) is 23.1. The molecule has 0 spiro atoms. The molecule has 1 aromatic rings. The van der Waals surface area contributed by atoms with Gasteiger partial charge >= 0.3 is 5.97 Å². The smallest absolute Gasteiger partial charge is 0.326 e. The summed E-state index contributed by atoms with van der Waals surface area (Å²) < 4.78 is 0.892. The number of carboxylic acid groups (broad SMARTS) is 1. The molecule has 2 rings (SSSR count). The maximum absolute atomic E-state index is 12.3. The van der Waals surface area contributed by atoms with Gasteiger partial charge in [0.2, 0.25) is 0 Å². The number of nitrogens with zero attached hydrogens (tertiary/aromatic N) is 1. The van der Waals surface area contributed by atoms with E-state index >= 15 is 0 Å². The van der Waals surface area contributed by atoms with E-state index in [1.54, 1.807) is 24.3 Å². The van der Waals surface area contributed by atoms with E-state index in [0.29, 0.717) is 12.1 Å². The highest BCUT2D eigenvalue weighted by Crippen LogP contribution is 2.26. The van der Waals surface area contributed by atoms with Crippen molar-refractivity contribution in [2.24, 2.45) is 5.92 Å². The van der Waals surface area contributed by atoms with E-state index in [2.05, 4.69) is 15.9 Å². The number of carbonyl (C=O) groups is 2. The van der Waals surface area contributed by atoms with Crippen LogP contribution in [0.1, 0.15) is 23.7 Å². The lowest BCUT2D eigenvalue weighted by Gasteiger charge is -2.23. The Morgan fingerprint density at radius 1 is 1.33 bits per heavy atom. The molecule has 1 fully saturated rings. The van der Waals surface area contributed by atoms with Crippen LogP contribution >= 0.6 is 15.9 Å². The van der Waals surface area contributed by atoms with Crippen LogP contribution in [0.2, 0.25) is 0 Å². The molecule has 0 bridgehead atoms. The monoisotopic (exact) mass is 311 g/mol. The molecule has 5 heteroatoms. The van der Waals surface area contributed by atoms with Gasteiger partial charge in [0.05, 0.1) is 0 Å². The van der Waals surface area contributed by atoms with Crippen molar-refractivity contribution in [1.82, 2.24) is 4.90 Å². The summed E-state index contributed by atoms with van der Waals surface area (Å²) in [5.74, 6) is -1.13. The molecule has 1 aromatic carbocycles. The van der Waals surface area contributed by atoms with Crippen molar-refractivity contribution in [3.63, 3.8) is 0 Å². The Balaban J connectivity index is 2.23. The van der Waals surface area contributed by atoms with E-state index in [4.69, 9.17) is 0 Å². The minimum absolute atomic E-state index is 0.00176. The fourth-order valence-electron chi connectivity index (χ4n) is 2.31. The predicted molar refractivity (Wildman–Crippen MR) is 70.4 cm³/mol. The molecule has 1 saturated heterocycles. The molecule has 18 heavy (non-hydrogen) atoms. The largest absolute Gasteiger partial charge is 0.480 e. The van der Waals surface area contributed by atoms with Crippen LogP contribution < -0.4 is 0 Å². The molecule has 1 N–H and O–H groups in total. The Bertz CT molecular complexity index is 472. The fraction of sp³-hybridized carbons (Fsp3) is 0.385. The minimum Gasteiger partial charge on any atom is -0.480 e. The van der Waals surface area contributed by atoms with E-state index in [1.807, 2.05) is 6.92 Å². The van der Waals surface area contributed by atoms with Gasteiger partial charge in [-0.05, 0) is 36.6 Å². The second kappa shape index (κ2) is 5.10. The van der Waals surface area contributed by atoms with E-state index in [-0.39, 0.29) is 11.8 Å². The average molecular weight is 312 g/mol. The van der Waals surface area contributed by atoms with Gasteiger partial charge in [-0.2, -0.15) is 0 Å². The lowest BCUT2D eigenvalue weighted by atomic mass is 10.0. The first kappa shape index (κ1) is 13.1. The Morgan fingerprint density at radius 3 is 2.50 bits per heavy atom. The van der Waals surface area contributed by atoms with Crippen LogP contribution in [-0.4, -0.2) is 34.5 Å². The van der Waals surface area contributed by atoms with Crippen molar-refractivity contribution >= 4 is 27.8 Å². The second-order valence-corrected chi connectivity index (χ2v) is 5.47. The van der Waals surface area contributed by atoms with Gasteiger partial charge in [-0.3, -0.25) is 4.79 Å². The van der Waals surface area contributed by atoms with Crippen LogP contribution in [0.25, 0.3) is 0 Å². The highest BCUT2D eigenvalue weighted by Gasteiger charge is 2.39. The molecule has 0 aromatic heterocycles. The number of aliphatic carboxylic acids is 1. The van der Waals surface area contributed by atoms with Crippen molar-refractivity contribution < 1.29 is 14.7 Å². The summed E-state index contributed by atoms with van der Waals surface area (Å²) in [6, 6.07) is 6.26. The van der Waals surface area contributed by atoms with E-state index < -0.39 is 12.0 Å². The number of rotatable bonds is 2. The minimum atomic E-state index is -0.925. The first-order valence-electron chi connectivity index (χ1n) is 5.80. The van der Waals surface area contributed by atoms with Crippen molar-refractivity contribution in [2.75, 3.05) is 6.54 Å². The third kappa shape index (κ3) is 2.41. The summed E-state index contributed by atoms with van der Waals surface area (Å²) >= 11 is 3.30. The van der Waals surface area contributed by atoms with Gasteiger partial charge in [-0.15, -0.1) is 0 Å². The molecule has 4 nitrogen and oxygen atoms in total. The number of hydrogen-bond acceptors (Lipinski definition) is 2. The van der Waals surface area contributed by atoms with Crippen molar-refractivity contribution in [3.05, 3.63) is 34.3 Å². The van der Waals surface area contributed by atoms with E-state index in [1.165, 1.54) is 4.90 Å². The molecule has 2 atom stereocenters. The predicted octanol–water partition coefficient (Wildman–Crippen LogP) is 2.38. The molecule has 0 aliphatic carbocycles. The number of amides is 1. The van der Waals surface area contributed by atoms with Gasteiger partial charge in [-0.1, -0.05) is 22.9 Å². The van der Waals surface area contributed by atoms with Crippen LogP contribution in [0.3, 0.4) is 0 Å². The maximum atomic E-state index is 12.3. The average Bonchev–Trinajstić information content (AvgIpc) is 2.71. The molecule has 2 unspecified atom stereocenters. The van der Waals surface area contributed by atoms with Gasteiger partial charge in [0, 0.05) is 16.6 Å². The Morgan fingerprint density at radius 2 is 1.94 bits per heavy atom. The van der Waals surface area contributed by atoms with Crippen LogP contribution in [0.5, 0.6) is 0 Å². The van der Waals surface area contributed by atoms with E-state index in [0.717, 1.165) is 10.9 Å². The van der Waals surface area contributed by atoms with Crippen molar-refractivity contribution in [2.45, 2.75) is 19.4 Å². The number of halogens is 1. The number of benzene rings is 1. The highest BCUT2D eigenvalue weighted by molar-refractivity contribution is 9.10. The summed E-state index contributed by atoms with van der Waals surface area (Å²) in [5, 5.41) is 9.19. The number of hydrogen-bond donors (Lipinski definition) is 1. The van der Waals surface area contributed by atoms with Crippen molar-refractivity contribution in [3.8, 4) is 0 Å². The summed E-state index contributed by atoms with van der Waals surface area (Å²) in [6.07, 6.45) is 0.735. The third-order valence-corrected chi connectivity index (χ3v) is 3.83. The summed E-state index contributed by atoms with van der Waals surface area (Å²) in [6.45, 7) is 2.38. The van der Waals surface area contributed by atoms with Gasteiger partial charge < -0.3 is 10.0 Å². The van der Waals surface area contributed by atoms with Crippen molar-refractivity contribution in [1.29, 1.82) is 0 Å². The standard InChI is InChI=1S/C13H14BrNO3/c1-8-6-7-15(11(8)13(17)18)12(16)9-2-4-10(14)5-3-9/h2-5,8,11H,6-7H2,1H3,(H,17,18). The lowest BCUT2D eigenvalue weighted by Crippen LogP contribution is -2.42. The molecular formula is C13H14BrNO3. The first-order valence-corrected chi connectivity index (χ1v) is 6.59. The number of carbonyl (C=O) groups excluding carboxylic acids is 1. The van der Waals surface area contributed by atoms with Crippen LogP contribution in [0.4, 0.5) is 0 Å². The molecule has 1 amide bonds. The molecule has 1 aliphatic heterocycles.